The third kappa shape index (κ3) is 2.76. The molecule has 1 aromatic rings. The van der Waals surface area contributed by atoms with Gasteiger partial charge in [-0.25, -0.2) is 4.39 Å². The summed E-state index contributed by atoms with van der Waals surface area (Å²) in [7, 11) is 0. The first-order valence-electron chi connectivity index (χ1n) is 8.28. The van der Waals surface area contributed by atoms with E-state index in [0.29, 0.717) is 12.0 Å². The fraction of sp³-hybridized carbons (Fsp3) is 0.667. The van der Waals surface area contributed by atoms with Crippen molar-refractivity contribution < 1.29 is 4.39 Å². The molecular weight excluding hydrogens is 249 g/mol. The van der Waals surface area contributed by atoms with Gasteiger partial charge in [-0.05, 0) is 86.4 Å². The molecular formula is C18H24FN. The summed E-state index contributed by atoms with van der Waals surface area (Å²) in [5.41, 5.74) is 1.18. The lowest BCUT2D eigenvalue weighted by atomic mass is 9.75. The zero-order chi connectivity index (χ0) is 13.5. The highest BCUT2D eigenvalue weighted by Gasteiger charge is 2.41. The van der Waals surface area contributed by atoms with Gasteiger partial charge in [-0.1, -0.05) is 12.1 Å². The highest BCUT2D eigenvalue weighted by Crippen LogP contribution is 2.49. The van der Waals surface area contributed by atoms with Crippen LogP contribution in [-0.4, -0.2) is 12.6 Å². The predicted octanol–water partition coefficient (Wildman–Crippen LogP) is 4.10. The van der Waals surface area contributed by atoms with E-state index in [0.717, 1.165) is 17.8 Å². The molecule has 3 fully saturated rings. The van der Waals surface area contributed by atoms with Crippen LogP contribution >= 0.6 is 0 Å². The predicted molar refractivity (Wildman–Crippen MR) is 79.1 cm³/mol. The van der Waals surface area contributed by atoms with Crippen LogP contribution in [0, 0.1) is 23.6 Å². The summed E-state index contributed by atoms with van der Waals surface area (Å²) in [6.45, 7) is 1.23. The highest BCUT2D eigenvalue weighted by molar-refractivity contribution is 5.23. The average Bonchev–Trinajstić information content (AvgIpc) is 3.25. The highest BCUT2D eigenvalue weighted by atomic mass is 19.1. The van der Waals surface area contributed by atoms with Crippen LogP contribution in [0.15, 0.2) is 24.3 Å². The van der Waals surface area contributed by atoms with Crippen molar-refractivity contribution in [2.75, 3.05) is 6.54 Å². The van der Waals surface area contributed by atoms with E-state index in [9.17, 15) is 4.39 Å². The number of rotatable bonds is 6. The number of halogens is 1. The van der Waals surface area contributed by atoms with Crippen LogP contribution in [0.3, 0.4) is 0 Å². The van der Waals surface area contributed by atoms with Gasteiger partial charge in [-0.2, -0.15) is 0 Å². The molecule has 20 heavy (non-hydrogen) atoms. The molecule has 0 amide bonds. The van der Waals surface area contributed by atoms with Crippen molar-refractivity contribution in [3.8, 4) is 0 Å². The van der Waals surface area contributed by atoms with Crippen LogP contribution in [0.1, 0.15) is 50.0 Å². The molecule has 108 valence electrons. The van der Waals surface area contributed by atoms with E-state index in [1.165, 1.54) is 56.7 Å². The Hall–Kier alpha value is -0.890. The van der Waals surface area contributed by atoms with Crippen LogP contribution in [0.5, 0.6) is 0 Å². The number of benzene rings is 1. The molecule has 0 aliphatic heterocycles. The standard InChI is InChI=1S/C18H24FN/c19-16-3-1-2-14(8-16)15-9-17(10-15)20-11-18(12-4-5-12)13-6-7-13/h1-3,8,12-13,15,17-18,20H,4-7,9-11H2. The molecule has 0 bridgehead atoms. The van der Waals surface area contributed by atoms with Gasteiger partial charge in [-0.15, -0.1) is 0 Å². The molecule has 3 saturated carbocycles. The van der Waals surface area contributed by atoms with Crippen molar-refractivity contribution in [2.45, 2.75) is 50.5 Å². The fourth-order valence-electron chi connectivity index (χ4n) is 3.89. The van der Waals surface area contributed by atoms with Gasteiger partial charge in [0.15, 0.2) is 0 Å². The first-order valence-corrected chi connectivity index (χ1v) is 8.28. The average molecular weight is 273 g/mol. The van der Waals surface area contributed by atoms with E-state index < -0.39 is 0 Å². The van der Waals surface area contributed by atoms with Gasteiger partial charge in [0, 0.05) is 6.04 Å². The molecule has 3 aliphatic carbocycles. The monoisotopic (exact) mass is 273 g/mol. The van der Waals surface area contributed by atoms with E-state index in [1.54, 1.807) is 6.07 Å². The van der Waals surface area contributed by atoms with E-state index in [2.05, 4.69) is 11.4 Å². The van der Waals surface area contributed by atoms with E-state index >= 15 is 0 Å². The maximum absolute atomic E-state index is 13.2. The zero-order valence-corrected chi connectivity index (χ0v) is 12.0. The molecule has 4 rings (SSSR count). The van der Waals surface area contributed by atoms with Gasteiger partial charge in [0.25, 0.3) is 0 Å². The van der Waals surface area contributed by atoms with E-state index in [4.69, 9.17) is 0 Å². The lowest BCUT2D eigenvalue weighted by Gasteiger charge is -2.37. The second-order valence-electron chi connectivity index (χ2n) is 7.17. The van der Waals surface area contributed by atoms with Gasteiger partial charge in [0.2, 0.25) is 0 Å². The Labute approximate surface area is 121 Å². The Morgan fingerprint density at radius 1 is 1.10 bits per heavy atom. The Morgan fingerprint density at radius 2 is 1.80 bits per heavy atom. The van der Waals surface area contributed by atoms with Crippen LogP contribution in [0.25, 0.3) is 0 Å². The molecule has 0 saturated heterocycles. The van der Waals surface area contributed by atoms with Gasteiger partial charge in [-0.3, -0.25) is 0 Å². The summed E-state index contributed by atoms with van der Waals surface area (Å²) >= 11 is 0. The summed E-state index contributed by atoms with van der Waals surface area (Å²) in [5, 5.41) is 3.78. The molecule has 2 heteroatoms. The maximum atomic E-state index is 13.2. The van der Waals surface area contributed by atoms with Crippen LogP contribution < -0.4 is 5.32 Å². The Balaban J connectivity index is 1.25. The van der Waals surface area contributed by atoms with Crippen LogP contribution in [0.4, 0.5) is 4.39 Å². The van der Waals surface area contributed by atoms with Gasteiger partial charge in [0.05, 0.1) is 0 Å². The quantitative estimate of drug-likeness (QED) is 0.823. The Kier molecular flexibility index (Phi) is 3.30. The topological polar surface area (TPSA) is 12.0 Å². The van der Waals surface area contributed by atoms with Crippen molar-refractivity contribution in [3.63, 3.8) is 0 Å². The molecule has 0 unspecified atom stereocenters. The van der Waals surface area contributed by atoms with Crippen molar-refractivity contribution in [2.24, 2.45) is 17.8 Å². The Bertz CT molecular complexity index is 460. The van der Waals surface area contributed by atoms with E-state index in [-0.39, 0.29) is 5.82 Å². The van der Waals surface area contributed by atoms with Gasteiger partial charge >= 0.3 is 0 Å². The van der Waals surface area contributed by atoms with Crippen molar-refractivity contribution in [1.82, 2.24) is 5.32 Å². The van der Waals surface area contributed by atoms with Crippen LogP contribution in [0.2, 0.25) is 0 Å². The zero-order valence-electron chi connectivity index (χ0n) is 12.0. The first kappa shape index (κ1) is 12.8. The molecule has 1 nitrogen and oxygen atoms in total. The first-order chi connectivity index (χ1) is 9.79. The Morgan fingerprint density at radius 3 is 2.40 bits per heavy atom. The minimum absolute atomic E-state index is 0.0959. The molecule has 0 atom stereocenters. The SMILES string of the molecule is Fc1cccc(C2CC(NCC(C3CC3)C3CC3)C2)c1. The second-order valence-corrected chi connectivity index (χ2v) is 7.17. The van der Waals surface area contributed by atoms with Gasteiger partial charge < -0.3 is 5.32 Å². The summed E-state index contributed by atoms with van der Waals surface area (Å²) in [6.07, 6.45) is 8.26. The molecule has 0 spiro atoms. The minimum atomic E-state index is -0.0959. The lowest BCUT2D eigenvalue weighted by Crippen LogP contribution is -2.42. The normalized spacial score (nSPS) is 29.5. The maximum Gasteiger partial charge on any atom is 0.123 e. The third-order valence-electron chi connectivity index (χ3n) is 5.56. The summed E-state index contributed by atoms with van der Waals surface area (Å²) in [4.78, 5) is 0. The van der Waals surface area contributed by atoms with Crippen molar-refractivity contribution in [1.29, 1.82) is 0 Å². The summed E-state index contributed by atoms with van der Waals surface area (Å²) in [5.74, 6) is 3.51. The molecule has 3 aliphatic rings. The number of hydrogen-bond donors (Lipinski definition) is 1. The smallest absolute Gasteiger partial charge is 0.123 e. The summed E-state index contributed by atoms with van der Waals surface area (Å²) in [6, 6.07) is 7.82. The number of hydrogen-bond acceptors (Lipinski definition) is 1. The second kappa shape index (κ2) is 5.14. The molecule has 1 aromatic carbocycles. The van der Waals surface area contributed by atoms with Gasteiger partial charge in [0.1, 0.15) is 5.82 Å². The molecule has 0 radical (unpaired) electrons. The van der Waals surface area contributed by atoms with Crippen LogP contribution in [-0.2, 0) is 0 Å². The fourth-order valence-corrected chi connectivity index (χ4v) is 3.89. The molecule has 0 aromatic heterocycles. The largest absolute Gasteiger partial charge is 0.314 e. The summed E-state index contributed by atoms with van der Waals surface area (Å²) < 4.78 is 13.2. The lowest BCUT2D eigenvalue weighted by molar-refractivity contribution is 0.259. The third-order valence-corrected chi connectivity index (χ3v) is 5.56. The minimum Gasteiger partial charge on any atom is -0.314 e. The van der Waals surface area contributed by atoms with E-state index in [1.807, 2.05) is 6.07 Å². The van der Waals surface area contributed by atoms with Crippen molar-refractivity contribution >= 4 is 0 Å². The number of nitrogens with one attached hydrogen (secondary N) is 1. The molecule has 0 heterocycles. The van der Waals surface area contributed by atoms with Crippen molar-refractivity contribution in [3.05, 3.63) is 35.6 Å². The molecule has 1 N–H and O–H groups in total.